The maximum Gasteiger partial charge on any atom is 0.145 e. The Labute approximate surface area is 93.4 Å². The standard InChI is InChI=1S/C10H11ClN2O2/c1-14-9-6-10(15-2)8(5-7(9)11)13-4-3-12/h5-6,13H,4H2,1-2H3. The maximum absolute atomic E-state index is 8.45. The first-order chi connectivity index (χ1) is 7.22. The van der Waals surface area contributed by atoms with Crippen LogP contribution in [0.4, 0.5) is 5.69 Å². The molecule has 0 aliphatic rings. The van der Waals surface area contributed by atoms with E-state index in [2.05, 4.69) is 5.32 Å². The zero-order valence-electron chi connectivity index (χ0n) is 8.50. The topological polar surface area (TPSA) is 54.3 Å². The van der Waals surface area contributed by atoms with Gasteiger partial charge in [0.15, 0.2) is 0 Å². The van der Waals surface area contributed by atoms with Crippen LogP contribution >= 0.6 is 11.6 Å². The largest absolute Gasteiger partial charge is 0.495 e. The molecule has 0 amide bonds. The predicted octanol–water partition coefficient (Wildman–Crippen LogP) is 2.29. The van der Waals surface area contributed by atoms with Crippen molar-refractivity contribution in [2.75, 3.05) is 26.1 Å². The average Bonchev–Trinajstić information content (AvgIpc) is 2.26. The molecule has 0 saturated heterocycles. The number of hydrogen-bond donors (Lipinski definition) is 1. The van der Waals surface area contributed by atoms with Crippen LogP contribution < -0.4 is 14.8 Å². The van der Waals surface area contributed by atoms with E-state index in [9.17, 15) is 0 Å². The van der Waals surface area contributed by atoms with Crippen LogP contribution in [-0.2, 0) is 0 Å². The Hall–Kier alpha value is -1.60. The molecule has 0 heterocycles. The fraction of sp³-hybridized carbons (Fsp3) is 0.300. The predicted molar refractivity (Wildman–Crippen MR) is 58.7 cm³/mol. The summed E-state index contributed by atoms with van der Waals surface area (Å²) in [7, 11) is 3.07. The number of anilines is 1. The Morgan fingerprint density at radius 2 is 2.00 bits per heavy atom. The summed E-state index contributed by atoms with van der Waals surface area (Å²) in [5.74, 6) is 1.13. The van der Waals surface area contributed by atoms with Gasteiger partial charge in [0.05, 0.1) is 31.0 Å². The van der Waals surface area contributed by atoms with Crippen LogP contribution in [0.3, 0.4) is 0 Å². The average molecular weight is 227 g/mol. The second kappa shape index (κ2) is 5.32. The highest BCUT2D eigenvalue weighted by molar-refractivity contribution is 6.32. The highest BCUT2D eigenvalue weighted by Crippen LogP contribution is 2.35. The highest BCUT2D eigenvalue weighted by Gasteiger charge is 2.08. The van der Waals surface area contributed by atoms with Gasteiger partial charge >= 0.3 is 0 Å². The van der Waals surface area contributed by atoms with Crippen molar-refractivity contribution in [1.29, 1.82) is 5.26 Å². The molecule has 80 valence electrons. The fourth-order valence-corrected chi connectivity index (χ4v) is 1.37. The third kappa shape index (κ3) is 2.67. The maximum atomic E-state index is 8.45. The summed E-state index contributed by atoms with van der Waals surface area (Å²) < 4.78 is 10.2. The van der Waals surface area contributed by atoms with Crippen LogP contribution in [0.25, 0.3) is 0 Å². The number of ether oxygens (including phenoxy) is 2. The molecule has 1 N–H and O–H groups in total. The van der Waals surface area contributed by atoms with E-state index in [1.807, 2.05) is 6.07 Å². The molecule has 0 saturated carbocycles. The first-order valence-electron chi connectivity index (χ1n) is 4.25. The lowest BCUT2D eigenvalue weighted by Crippen LogP contribution is -2.01. The zero-order chi connectivity index (χ0) is 11.3. The SMILES string of the molecule is COc1cc(OC)c(NCC#N)cc1Cl. The molecule has 0 unspecified atom stereocenters. The second-order valence-electron chi connectivity index (χ2n) is 2.70. The molecule has 1 rings (SSSR count). The van der Waals surface area contributed by atoms with Gasteiger partial charge in [0.2, 0.25) is 0 Å². The zero-order valence-corrected chi connectivity index (χ0v) is 9.26. The molecule has 1 aromatic carbocycles. The Kier molecular flexibility index (Phi) is 4.07. The van der Waals surface area contributed by atoms with E-state index in [0.29, 0.717) is 22.2 Å². The first-order valence-corrected chi connectivity index (χ1v) is 4.63. The van der Waals surface area contributed by atoms with Gasteiger partial charge in [0.25, 0.3) is 0 Å². The van der Waals surface area contributed by atoms with Crippen LogP contribution in [-0.4, -0.2) is 20.8 Å². The smallest absolute Gasteiger partial charge is 0.145 e. The molecule has 0 fully saturated rings. The quantitative estimate of drug-likeness (QED) is 0.801. The Bertz CT molecular complexity index is 388. The minimum atomic E-state index is 0.193. The number of halogens is 1. The van der Waals surface area contributed by atoms with E-state index in [0.717, 1.165) is 0 Å². The van der Waals surface area contributed by atoms with Gasteiger partial charge in [-0.3, -0.25) is 0 Å². The number of benzene rings is 1. The number of nitriles is 1. The molecular weight excluding hydrogens is 216 g/mol. The van der Waals surface area contributed by atoms with E-state index in [1.165, 1.54) is 7.11 Å². The fourth-order valence-electron chi connectivity index (χ4n) is 1.13. The summed E-state index contributed by atoms with van der Waals surface area (Å²) in [5, 5.41) is 11.8. The van der Waals surface area contributed by atoms with E-state index in [4.69, 9.17) is 26.3 Å². The van der Waals surface area contributed by atoms with Gasteiger partial charge in [0.1, 0.15) is 18.0 Å². The molecular formula is C10H11ClN2O2. The van der Waals surface area contributed by atoms with E-state index < -0.39 is 0 Å². The molecule has 0 aromatic heterocycles. The van der Waals surface area contributed by atoms with E-state index in [1.54, 1.807) is 19.2 Å². The molecule has 0 bridgehead atoms. The van der Waals surface area contributed by atoms with Gasteiger partial charge in [-0.2, -0.15) is 5.26 Å². The van der Waals surface area contributed by atoms with E-state index >= 15 is 0 Å². The van der Waals surface area contributed by atoms with Crippen molar-refractivity contribution < 1.29 is 9.47 Å². The van der Waals surface area contributed by atoms with Crippen molar-refractivity contribution in [3.63, 3.8) is 0 Å². The molecule has 0 aliphatic heterocycles. The van der Waals surface area contributed by atoms with Gasteiger partial charge in [-0.05, 0) is 6.07 Å². The number of nitrogens with zero attached hydrogens (tertiary/aromatic N) is 1. The molecule has 0 spiro atoms. The van der Waals surface area contributed by atoms with Crippen molar-refractivity contribution in [3.8, 4) is 17.6 Å². The van der Waals surface area contributed by atoms with Gasteiger partial charge in [-0.1, -0.05) is 11.6 Å². The summed E-state index contributed by atoms with van der Waals surface area (Å²) in [5.41, 5.74) is 0.671. The minimum Gasteiger partial charge on any atom is -0.495 e. The summed E-state index contributed by atoms with van der Waals surface area (Å²) >= 11 is 5.93. The van der Waals surface area contributed by atoms with Crippen LogP contribution in [0.2, 0.25) is 5.02 Å². The first kappa shape index (κ1) is 11.5. The molecule has 0 aliphatic carbocycles. The monoisotopic (exact) mass is 226 g/mol. The molecule has 5 heteroatoms. The Balaban J connectivity index is 3.05. The van der Waals surface area contributed by atoms with Crippen molar-refractivity contribution >= 4 is 17.3 Å². The van der Waals surface area contributed by atoms with Crippen LogP contribution in [0.1, 0.15) is 0 Å². The lowest BCUT2D eigenvalue weighted by atomic mass is 10.2. The molecule has 0 atom stereocenters. The number of rotatable bonds is 4. The van der Waals surface area contributed by atoms with Crippen molar-refractivity contribution in [3.05, 3.63) is 17.2 Å². The number of nitrogens with one attached hydrogen (secondary N) is 1. The number of methoxy groups -OCH3 is 2. The van der Waals surface area contributed by atoms with Gasteiger partial charge in [-0.25, -0.2) is 0 Å². The van der Waals surface area contributed by atoms with Gasteiger partial charge in [0, 0.05) is 6.07 Å². The summed E-state index contributed by atoms with van der Waals surface area (Å²) in [4.78, 5) is 0. The summed E-state index contributed by atoms with van der Waals surface area (Å²) in [6.07, 6.45) is 0. The lowest BCUT2D eigenvalue weighted by molar-refractivity contribution is 0.395. The van der Waals surface area contributed by atoms with E-state index in [-0.39, 0.29) is 6.54 Å². The molecule has 1 aromatic rings. The third-order valence-corrected chi connectivity index (χ3v) is 2.13. The van der Waals surface area contributed by atoms with Crippen molar-refractivity contribution in [2.45, 2.75) is 0 Å². The summed E-state index contributed by atoms with van der Waals surface area (Å²) in [6.45, 7) is 0.193. The van der Waals surface area contributed by atoms with Gasteiger partial charge < -0.3 is 14.8 Å². The van der Waals surface area contributed by atoms with Crippen molar-refractivity contribution in [1.82, 2.24) is 0 Å². The highest BCUT2D eigenvalue weighted by atomic mass is 35.5. The van der Waals surface area contributed by atoms with Crippen molar-refractivity contribution in [2.24, 2.45) is 0 Å². The number of hydrogen-bond acceptors (Lipinski definition) is 4. The Morgan fingerprint density at radius 1 is 1.33 bits per heavy atom. The molecule has 4 nitrogen and oxygen atoms in total. The third-order valence-electron chi connectivity index (χ3n) is 1.83. The minimum absolute atomic E-state index is 0.193. The molecule has 0 radical (unpaired) electrons. The van der Waals surface area contributed by atoms with Crippen LogP contribution in [0.15, 0.2) is 12.1 Å². The lowest BCUT2D eigenvalue weighted by Gasteiger charge is -2.11. The van der Waals surface area contributed by atoms with Crippen LogP contribution in [0, 0.1) is 11.3 Å². The Morgan fingerprint density at radius 3 is 2.53 bits per heavy atom. The van der Waals surface area contributed by atoms with Gasteiger partial charge in [-0.15, -0.1) is 0 Å². The van der Waals surface area contributed by atoms with Crippen LogP contribution in [0.5, 0.6) is 11.5 Å². The summed E-state index contributed by atoms with van der Waals surface area (Å²) in [6, 6.07) is 5.31. The molecule has 15 heavy (non-hydrogen) atoms. The second-order valence-corrected chi connectivity index (χ2v) is 3.11. The normalized spacial score (nSPS) is 9.20.